The largest absolute Gasteiger partial charge is 0.375 e. The molecule has 3 atom stereocenters. The highest BCUT2D eigenvalue weighted by Gasteiger charge is 2.71. The van der Waals surface area contributed by atoms with Gasteiger partial charge in [-0.25, -0.2) is 13.2 Å². The minimum atomic E-state index is -2.71. The number of carbonyl (C=O) groups is 4. The topological polar surface area (TPSA) is 135 Å². The molecule has 3 N–H and O–H groups in total. The van der Waals surface area contributed by atoms with Crippen LogP contribution in [0.5, 0.6) is 0 Å². The Morgan fingerprint density at radius 1 is 1.02 bits per heavy atom. The Morgan fingerprint density at radius 2 is 1.75 bits per heavy atom. The highest BCUT2D eigenvalue weighted by atomic mass is 19.3. The molecule has 0 unspecified atom stereocenters. The highest BCUT2D eigenvalue weighted by Crippen LogP contribution is 2.66. The number of ether oxygens (including phenoxy) is 1. The molecule has 1 aromatic heterocycles. The van der Waals surface area contributed by atoms with Crippen molar-refractivity contribution in [2.45, 2.75) is 108 Å². The quantitative estimate of drug-likeness (QED) is 0.296. The molecule has 1 aliphatic heterocycles. The summed E-state index contributed by atoms with van der Waals surface area (Å²) in [7, 11) is 1.36. The molecule has 5 fully saturated rings. The zero-order valence-corrected chi connectivity index (χ0v) is 29.2. The van der Waals surface area contributed by atoms with Crippen molar-refractivity contribution in [1.82, 2.24) is 25.3 Å². The number of rotatable bonds is 12. The van der Waals surface area contributed by atoms with Gasteiger partial charge in [0.15, 0.2) is 0 Å². The first-order valence-corrected chi connectivity index (χ1v) is 18.2. The Balaban J connectivity index is 1.09. The average molecular weight is 713 g/mol. The molecule has 4 saturated carbocycles. The summed E-state index contributed by atoms with van der Waals surface area (Å²) >= 11 is 0. The summed E-state index contributed by atoms with van der Waals surface area (Å²) in [5.74, 6) is -5.37. The van der Waals surface area contributed by atoms with Crippen LogP contribution in [0.2, 0.25) is 0 Å². The molecule has 1 saturated heterocycles. The Morgan fingerprint density at radius 3 is 2.35 bits per heavy atom. The first kappa shape index (κ1) is 35.5. The minimum Gasteiger partial charge on any atom is -0.375 e. The van der Waals surface area contributed by atoms with Crippen LogP contribution in [0.4, 0.5) is 18.9 Å². The van der Waals surface area contributed by atoms with E-state index in [1.165, 1.54) is 30.3 Å². The van der Waals surface area contributed by atoms with E-state index in [0.717, 1.165) is 38.5 Å². The lowest BCUT2D eigenvalue weighted by Crippen LogP contribution is -2.56. The average Bonchev–Trinajstić information content (AvgIpc) is 4.07. The van der Waals surface area contributed by atoms with Gasteiger partial charge in [-0.05, 0) is 99.8 Å². The number of piperidine rings is 1. The van der Waals surface area contributed by atoms with E-state index >= 15 is 4.39 Å². The highest BCUT2D eigenvalue weighted by molar-refractivity contribution is 6.01. The van der Waals surface area contributed by atoms with Crippen LogP contribution in [0.15, 0.2) is 30.5 Å². The van der Waals surface area contributed by atoms with Gasteiger partial charge in [-0.2, -0.15) is 5.10 Å². The van der Waals surface area contributed by atoms with E-state index < -0.39 is 58.3 Å². The monoisotopic (exact) mass is 712 g/mol. The molecule has 2 aromatic rings. The summed E-state index contributed by atoms with van der Waals surface area (Å²) in [5, 5.41) is 12.7. The lowest BCUT2D eigenvalue weighted by Gasteiger charge is -2.37. The molecule has 2 heterocycles. The van der Waals surface area contributed by atoms with E-state index in [2.05, 4.69) is 21.0 Å². The van der Waals surface area contributed by atoms with Crippen LogP contribution in [-0.2, 0) is 31.1 Å². The van der Waals surface area contributed by atoms with Crippen molar-refractivity contribution in [3.63, 3.8) is 0 Å². The fraction of sp³-hybridized carbons (Fsp3) is 0.649. The van der Waals surface area contributed by atoms with Crippen LogP contribution >= 0.6 is 0 Å². The second-order valence-corrected chi connectivity index (χ2v) is 15.6. The second-order valence-electron chi connectivity index (χ2n) is 15.6. The molecule has 0 radical (unpaired) electrons. The van der Waals surface area contributed by atoms with E-state index in [4.69, 9.17) is 4.74 Å². The Labute approximate surface area is 295 Å². The van der Waals surface area contributed by atoms with Crippen LogP contribution in [-0.4, -0.2) is 83.1 Å². The van der Waals surface area contributed by atoms with Gasteiger partial charge in [-0.1, -0.05) is 12.5 Å². The van der Waals surface area contributed by atoms with Crippen molar-refractivity contribution in [2.24, 2.45) is 16.7 Å². The number of amides is 4. The molecular formula is C37H47F3N6O5. The first-order valence-electron chi connectivity index (χ1n) is 18.2. The molecule has 11 nitrogen and oxygen atoms in total. The van der Waals surface area contributed by atoms with Crippen molar-refractivity contribution in [3.05, 3.63) is 47.5 Å². The minimum absolute atomic E-state index is 0.0627. The van der Waals surface area contributed by atoms with Crippen LogP contribution < -0.4 is 16.0 Å². The Hall–Kier alpha value is -3.94. The molecule has 5 aliphatic rings. The Kier molecular flexibility index (Phi) is 9.20. The van der Waals surface area contributed by atoms with Crippen LogP contribution in [0.1, 0.15) is 93.6 Å². The molecule has 51 heavy (non-hydrogen) atoms. The van der Waals surface area contributed by atoms with Crippen molar-refractivity contribution in [2.75, 3.05) is 32.1 Å². The third-order valence-electron chi connectivity index (χ3n) is 12.4. The lowest BCUT2D eigenvalue weighted by atomic mass is 9.75. The van der Waals surface area contributed by atoms with Crippen molar-refractivity contribution < 1.29 is 37.1 Å². The third kappa shape index (κ3) is 6.75. The van der Waals surface area contributed by atoms with Gasteiger partial charge in [0.05, 0.1) is 5.69 Å². The van der Waals surface area contributed by atoms with E-state index in [0.29, 0.717) is 30.6 Å². The molecule has 2 spiro atoms. The van der Waals surface area contributed by atoms with Crippen molar-refractivity contribution >= 4 is 29.3 Å². The molecule has 0 bridgehead atoms. The maximum Gasteiger partial charge on any atom is 0.270 e. The summed E-state index contributed by atoms with van der Waals surface area (Å²) in [6.07, 6.45) is 8.58. The number of benzene rings is 1. The molecule has 4 aliphatic carbocycles. The number of hydrogen-bond acceptors (Lipinski definition) is 6. The Bertz CT molecular complexity index is 1700. The summed E-state index contributed by atoms with van der Waals surface area (Å²) < 4.78 is 50.6. The van der Waals surface area contributed by atoms with Gasteiger partial charge >= 0.3 is 0 Å². The summed E-state index contributed by atoms with van der Waals surface area (Å²) in [5.41, 5.74) is -0.983. The molecule has 4 amide bonds. The molecular weight excluding hydrogens is 665 g/mol. The number of nitrogens with one attached hydrogen (secondary N) is 3. The van der Waals surface area contributed by atoms with Gasteiger partial charge in [0.25, 0.3) is 11.8 Å². The van der Waals surface area contributed by atoms with Crippen LogP contribution in [0, 0.1) is 22.6 Å². The maximum atomic E-state index is 16.0. The predicted molar refractivity (Wildman–Crippen MR) is 180 cm³/mol. The van der Waals surface area contributed by atoms with Gasteiger partial charge in [0.2, 0.25) is 17.7 Å². The van der Waals surface area contributed by atoms with Crippen LogP contribution in [0.3, 0.4) is 0 Å². The number of alkyl halides is 2. The summed E-state index contributed by atoms with van der Waals surface area (Å²) in [6, 6.07) is 4.06. The number of anilines is 1. The molecule has 14 heteroatoms. The smallest absolute Gasteiger partial charge is 0.270 e. The van der Waals surface area contributed by atoms with Gasteiger partial charge < -0.3 is 25.6 Å². The second kappa shape index (κ2) is 13.2. The number of aromatic nitrogens is 2. The molecule has 1 aromatic carbocycles. The zero-order valence-electron chi connectivity index (χ0n) is 29.2. The summed E-state index contributed by atoms with van der Waals surface area (Å²) in [6.45, 7) is 2.38. The van der Waals surface area contributed by atoms with Crippen molar-refractivity contribution in [3.8, 4) is 0 Å². The third-order valence-corrected chi connectivity index (χ3v) is 12.4. The van der Waals surface area contributed by atoms with E-state index in [1.807, 2.05) is 6.92 Å². The molecule has 7 rings (SSSR count). The van der Waals surface area contributed by atoms with E-state index in [-0.39, 0.29) is 56.0 Å². The fourth-order valence-corrected chi connectivity index (χ4v) is 8.85. The number of carbonyl (C=O) groups excluding carboxylic acids is 4. The number of methoxy groups -OCH3 is 1. The first-order chi connectivity index (χ1) is 24.3. The predicted octanol–water partition coefficient (Wildman–Crippen LogP) is 4.56. The van der Waals surface area contributed by atoms with Gasteiger partial charge in [0, 0.05) is 50.2 Å². The maximum absolute atomic E-state index is 16.0. The van der Waals surface area contributed by atoms with Gasteiger partial charge in [0.1, 0.15) is 30.2 Å². The number of likely N-dealkylation sites (tertiary alicyclic amines) is 1. The van der Waals surface area contributed by atoms with Crippen molar-refractivity contribution in [1.29, 1.82) is 0 Å². The number of hydrogen-bond donors (Lipinski definition) is 3. The zero-order chi connectivity index (χ0) is 36.2. The number of nitrogens with zero attached hydrogens (tertiary/aromatic N) is 3. The standard InChI is InChI=1S/C37H47F3N6O5/c1-3-46-27(8-16-41-46)31(48)44-29(23-5-4-9-34(20-23)10-11-34)32(49)42-26-7-6-24(19-25(26)38)36(12-13-36)30(43-28(47)21-51-2)33(50)45-17-14-35(15-18-45)22-37(35,39)40/h6-8,16,19,23,29-30H,3-5,9-15,17-18,20-22H2,1-2H3,(H,42,49)(H,43,47)(H,44,48)/t23-,29-,30-/m0/s1. The normalized spacial score (nSPS) is 24.3. The van der Waals surface area contributed by atoms with E-state index in [1.54, 1.807) is 16.8 Å². The van der Waals surface area contributed by atoms with Crippen LogP contribution in [0.25, 0.3) is 0 Å². The number of halogens is 3. The lowest BCUT2D eigenvalue weighted by molar-refractivity contribution is -0.140. The SMILES string of the molecule is CCn1nccc1C(=O)N[C@H](C(=O)Nc1ccc(C2([C@@H](NC(=O)COC)C(=O)N3CCC4(CC3)CC4(F)F)CC2)cc1F)[C@H]1CCCC2(CC2)C1. The number of aryl methyl sites for hydroxylation is 1. The fourth-order valence-electron chi connectivity index (χ4n) is 8.85. The van der Waals surface area contributed by atoms with Gasteiger partial charge in [-0.3, -0.25) is 23.9 Å². The van der Waals surface area contributed by atoms with Gasteiger partial charge in [-0.15, -0.1) is 0 Å². The summed E-state index contributed by atoms with van der Waals surface area (Å²) in [4.78, 5) is 55.6. The molecule has 276 valence electrons. The van der Waals surface area contributed by atoms with E-state index in [9.17, 15) is 28.0 Å².